The molecule has 0 aromatic carbocycles. The van der Waals surface area contributed by atoms with Gasteiger partial charge in [0.15, 0.2) is 0 Å². The van der Waals surface area contributed by atoms with E-state index < -0.39 is 5.97 Å². The van der Waals surface area contributed by atoms with Gasteiger partial charge in [-0.05, 0) is 0 Å². The Hall–Kier alpha value is -2.09. The Kier molecular flexibility index (Phi) is 3.02. The molecular formula is C9H9N3O2. The van der Waals surface area contributed by atoms with Gasteiger partial charge in [0.1, 0.15) is 24.4 Å². The van der Waals surface area contributed by atoms with Crippen LogP contribution in [0.15, 0.2) is 12.4 Å². The van der Waals surface area contributed by atoms with Crippen LogP contribution in [-0.2, 0) is 4.79 Å². The van der Waals surface area contributed by atoms with Gasteiger partial charge in [0.2, 0.25) is 0 Å². The molecule has 1 aromatic rings. The molecule has 0 saturated carbocycles. The largest absolute Gasteiger partial charge is 0.480 e. The molecule has 1 N–H and O–H groups in total. The third-order valence-electron chi connectivity index (χ3n) is 1.56. The Labute approximate surface area is 81.4 Å². The van der Waals surface area contributed by atoms with Crippen molar-refractivity contribution in [2.75, 3.05) is 18.5 Å². The maximum Gasteiger partial charge on any atom is 0.323 e. The highest BCUT2D eigenvalue weighted by Gasteiger charge is 2.06. The molecule has 5 nitrogen and oxygen atoms in total. The Morgan fingerprint density at radius 2 is 2.43 bits per heavy atom. The van der Waals surface area contributed by atoms with E-state index in [9.17, 15) is 4.79 Å². The number of carbonyl (C=O) groups is 1. The van der Waals surface area contributed by atoms with Crippen molar-refractivity contribution < 1.29 is 9.90 Å². The van der Waals surface area contributed by atoms with Crippen molar-refractivity contribution in [3.8, 4) is 12.3 Å². The van der Waals surface area contributed by atoms with E-state index in [1.54, 1.807) is 13.1 Å². The summed E-state index contributed by atoms with van der Waals surface area (Å²) < 4.78 is 0. The molecule has 0 unspecified atom stereocenters. The van der Waals surface area contributed by atoms with Gasteiger partial charge < -0.3 is 10.0 Å². The number of nitrogens with zero attached hydrogens (tertiary/aromatic N) is 3. The Bertz CT molecular complexity index is 384. The van der Waals surface area contributed by atoms with E-state index in [4.69, 9.17) is 11.5 Å². The quantitative estimate of drug-likeness (QED) is 0.680. The van der Waals surface area contributed by atoms with Crippen molar-refractivity contribution in [3.05, 3.63) is 18.1 Å². The summed E-state index contributed by atoms with van der Waals surface area (Å²) in [6, 6.07) is 1.56. The van der Waals surface area contributed by atoms with Crippen LogP contribution in [0.3, 0.4) is 0 Å². The van der Waals surface area contributed by atoms with E-state index in [2.05, 4.69) is 15.9 Å². The molecule has 1 rings (SSSR count). The van der Waals surface area contributed by atoms with Crippen LogP contribution in [0.4, 0.5) is 5.82 Å². The summed E-state index contributed by atoms with van der Waals surface area (Å²) in [7, 11) is 1.62. The number of likely N-dealkylation sites (N-methyl/N-ethyl adjacent to an activating group) is 1. The number of hydrogen-bond acceptors (Lipinski definition) is 4. The lowest BCUT2D eigenvalue weighted by Crippen LogP contribution is -2.26. The maximum absolute atomic E-state index is 10.4. The highest BCUT2D eigenvalue weighted by Crippen LogP contribution is 2.07. The third-order valence-corrected chi connectivity index (χ3v) is 1.56. The van der Waals surface area contributed by atoms with Crippen molar-refractivity contribution >= 4 is 11.8 Å². The second-order valence-corrected chi connectivity index (χ2v) is 2.66. The van der Waals surface area contributed by atoms with Crippen molar-refractivity contribution in [2.45, 2.75) is 0 Å². The number of hydrogen-bond donors (Lipinski definition) is 1. The molecule has 0 atom stereocenters. The second-order valence-electron chi connectivity index (χ2n) is 2.66. The summed E-state index contributed by atoms with van der Waals surface area (Å²) in [5.74, 6) is 1.92. The minimum atomic E-state index is -0.923. The van der Waals surface area contributed by atoms with Gasteiger partial charge in [-0.1, -0.05) is 5.92 Å². The van der Waals surface area contributed by atoms with Crippen LogP contribution in [0.2, 0.25) is 0 Å². The van der Waals surface area contributed by atoms with Gasteiger partial charge in [-0.25, -0.2) is 9.97 Å². The molecule has 0 bridgehead atoms. The van der Waals surface area contributed by atoms with Gasteiger partial charge in [0.05, 0.1) is 0 Å². The summed E-state index contributed by atoms with van der Waals surface area (Å²) in [6.07, 6.45) is 6.45. The van der Waals surface area contributed by atoms with Gasteiger partial charge in [-0.15, -0.1) is 6.42 Å². The summed E-state index contributed by atoms with van der Waals surface area (Å²) in [5.41, 5.74) is 0.437. The topological polar surface area (TPSA) is 66.3 Å². The molecule has 72 valence electrons. The van der Waals surface area contributed by atoms with Crippen molar-refractivity contribution in [1.29, 1.82) is 0 Å². The zero-order valence-corrected chi connectivity index (χ0v) is 7.64. The molecule has 5 heteroatoms. The monoisotopic (exact) mass is 191 g/mol. The zero-order valence-electron chi connectivity index (χ0n) is 7.64. The lowest BCUT2D eigenvalue weighted by Gasteiger charge is -2.14. The normalized spacial score (nSPS) is 9.14. The van der Waals surface area contributed by atoms with E-state index in [-0.39, 0.29) is 6.54 Å². The van der Waals surface area contributed by atoms with Gasteiger partial charge in [0.25, 0.3) is 0 Å². The van der Waals surface area contributed by atoms with Gasteiger partial charge in [-0.3, -0.25) is 4.79 Å². The number of aliphatic carboxylic acids is 1. The first-order valence-corrected chi connectivity index (χ1v) is 3.85. The van der Waals surface area contributed by atoms with Crippen LogP contribution in [0.25, 0.3) is 0 Å². The SMILES string of the molecule is C#Cc1cc(N(C)CC(=O)O)ncn1. The highest BCUT2D eigenvalue weighted by molar-refractivity contribution is 5.72. The number of carboxylic acid groups (broad SMARTS) is 1. The van der Waals surface area contributed by atoms with Gasteiger partial charge in [-0.2, -0.15) is 0 Å². The number of terminal acetylenes is 1. The second kappa shape index (κ2) is 4.23. The van der Waals surface area contributed by atoms with Crippen LogP contribution < -0.4 is 4.90 Å². The van der Waals surface area contributed by atoms with Crippen LogP contribution in [0.5, 0.6) is 0 Å². The molecule has 0 aliphatic carbocycles. The fourth-order valence-electron chi connectivity index (χ4n) is 0.919. The van der Waals surface area contributed by atoms with E-state index >= 15 is 0 Å². The molecule has 1 heterocycles. The average molecular weight is 191 g/mol. The first kappa shape index (κ1) is 9.99. The van der Waals surface area contributed by atoms with Crippen LogP contribution in [-0.4, -0.2) is 34.6 Å². The maximum atomic E-state index is 10.4. The molecule has 0 radical (unpaired) electrons. The first-order valence-electron chi connectivity index (χ1n) is 3.85. The number of anilines is 1. The molecule has 0 spiro atoms. The average Bonchev–Trinajstić information content (AvgIpc) is 2.17. The Morgan fingerprint density at radius 3 is 3.00 bits per heavy atom. The summed E-state index contributed by atoms with van der Waals surface area (Å²) in [5, 5.41) is 8.55. The summed E-state index contributed by atoms with van der Waals surface area (Å²) in [4.78, 5) is 19.6. The molecule has 1 aromatic heterocycles. The lowest BCUT2D eigenvalue weighted by molar-refractivity contribution is -0.135. The number of aromatic nitrogens is 2. The highest BCUT2D eigenvalue weighted by atomic mass is 16.4. The Morgan fingerprint density at radius 1 is 1.71 bits per heavy atom. The molecule has 0 aliphatic heterocycles. The molecule has 0 aliphatic rings. The predicted molar refractivity (Wildman–Crippen MR) is 50.9 cm³/mol. The van der Waals surface area contributed by atoms with Crippen LogP contribution in [0.1, 0.15) is 5.69 Å². The lowest BCUT2D eigenvalue weighted by atomic mass is 10.4. The third kappa shape index (κ3) is 2.45. The van der Waals surface area contributed by atoms with Crippen LogP contribution in [0, 0.1) is 12.3 Å². The van der Waals surface area contributed by atoms with Crippen LogP contribution >= 0.6 is 0 Å². The first-order chi connectivity index (χ1) is 6.63. The van der Waals surface area contributed by atoms with Crippen molar-refractivity contribution in [1.82, 2.24) is 9.97 Å². The number of carboxylic acids is 1. The Balaban J connectivity index is 2.85. The molecule has 0 saturated heterocycles. The molecule has 0 fully saturated rings. The summed E-state index contributed by atoms with van der Waals surface area (Å²) >= 11 is 0. The van der Waals surface area contributed by atoms with E-state index in [1.165, 1.54) is 11.2 Å². The smallest absolute Gasteiger partial charge is 0.323 e. The van der Waals surface area contributed by atoms with Crippen molar-refractivity contribution in [2.24, 2.45) is 0 Å². The predicted octanol–water partition coefficient (Wildman–Crippen LogP) is -0.0213. The van der Waals surface area contributed by atoms with E-state index in [1.807, 2.05) is 0 Å². The minimum Gasteiger partial charge on any atom is -0.480 e. The fourth-order valence-corrected chi connectivity index (χ4v) is 0.919. The van der Waals surface area contributed by atoms with E-state index in [0.717, 1.165) is 0 Å². The molecule has 14 heavy (non-hydrogen) atoms. The minimum absolute atomic E-state index is 0.124. The molecule has 0 amide bonds. The zero-order chi connectivity index (χ0) is 10.6. The number of rotatable bonds is 3. The fraction of sp³-hybridized carbons (Fsp3) is 0.222. The van der Waals surface area contributed by atoms with Gasteiger partial charge >= 0.3 is 5.97 Å². The standard InChI is InChI=1S/C9H9N3O2/c1-3-7-4-8(11-6-10-7)12(2)5-9(13)14/h1,4,6H,5H2,2H3,(H,13,14). The molecular weight excluding hydrogens is 182 g/mol. The summed E-state index contributed by atoms with van der Waals surface area (Å²) in [6.45, 7) is -0.124. The van der Waals surface area contributed by atoms with E-state index in [0.29, 0.717) is 11.5 Å². The van der Waals surface area contributed by atoms with Gasteiger partial charge in [0, 0.05) is 13.1 Å². The van der Waals surface area contributed by atoms with Crippen molar-refractivity contribution in [3.63, 3.8) is 0 Å².